The van der Waals surface area contributed by atoms with Crippen LogP contribution < -0.4 is 16.2 Å². The lowest BCUT2D eigenvalue weighted by molar-refractivity contribution is -0.383. The Morgan fingerprint density at radius 2 is 1.79 bits per heavy atom. The van der Waals surface area contributed by atoms with Gasteiger partial charge in [0, 0.05) is 10.2 Å². The summed E-state index contributed by atoms with van der Waals surface area (Å²) in [7, 11) is 0. The molecule has 0 spiro atoms. The number of hydrazine groups is 1. The van der Waals surface area contributed by atoms with Gasteiger partial charge in [-0.2, -0.15) is 0 Å². The molecule has 0 atom stereocenters. The van der Waals surface area contributed by atoms with Gasteiger partial charge in [0.1, 0.15) is 6.33 Å². The highest BCUT2D eigenvalue weighted by Crippen LogP contribution is 2.30. The van der Waals surface area contributed by atoms with Gasteiger partial charge in [0.05, 0.1) is 10.5 Å². The van der Waals surface area contributed by atoms with Crippen LogP contribution in [0.4, 0.5) is 23.0 Å². The molecule has 3 rings (SSSR count). The number of anilines is 3. The summed E-state index contributed by atoms with van der Waals surface area (Å²) in [5.41, 5.74) is 6.69. The normalized spacial score (nSPS) is 10.3. The second kappa shape index (κ2) is 9.11. The van der Waals surface area contributed by atoms with Crippen molar-refractivity contribution >= 4 is 44.8 Å². The van der Waals surface area contributed by atoms with Crippen molar-refractivity contribution in [1.82, 2.24) is 15.4 Å². The fraction of sp³-hybridized carbons (Fsp3) is 0.105. The fourth-order valence-corrected chi connectivity index (χ4v) is 2.99. The quantitative estimate of drug-likeness (QED) is 0.359. The first kappa shape index (κ1) is 20.2. The number of hydrogen-bond donors (Lipinski definition) is 3. The van der Waals surface area contributed by atoms with Crippen LogP contribution in [0, 0.1) is 10.1 Å². The molecule has 0 bridgehead atoms. The first-order valence-corrected chi connectivity index (χ1v) is 9.45. The van der Waals surface area contributed by atoms with Crippen molar-refractivity contribution < 1.29 is 9.72 Å². The minimum Gasteiger partial charge on any atom is -0.334 e. The SMILES string of the molecule is CCc1ccc(Nc2ncnc(NNC(=O)c3ccccc3Br)c2[N+](=O)[O-])cc1. The van der Waals surface area contributed by atoms with Crippen LogP contribution in [0.1, 0.15) is 22.8 Å². The number of benzene rings is 2. The third-order valence-electron chi connectivity index (χ3n) is 4.04. The maximum atomic E-state index is 12.3. The predicted molar refractivity (Wildman–Crippen MR) is 113 cm³/mol. The summed E-state index contributed by atoms with van der Waals surface area (Å²) < 4.78 is 0.592. The maximum Gasteiger partial charge on any atom is 0.355 e. The van der Waals surface area contributed by atoms with Crippen LogP contribution in [0.2, 0.25) is 0 Å². The topological polar surface area (TPSA) is 122 Å². The van der Waals surface area contributed by atoms with Gasteiger partial charge in [-0.3, -0.25) is 25.8 Å². The number of amides is 1. The molecule has 1 amide bonds. The number of aromatic nitrogens is 2. The second-order valence-corrected chi connectivity index (χ2v) is 6.77. The first-order valence-electron chi connectivity index (χ1n) is 8.65. The molecule has 2 aromatic carbocycles. The molecule has 10 heteroatoms. The number of rotatable bonds is 7. The number of carbonyl (C=O) groups is 1. The average Bonchev–Trinajstić information content (AvgIpc) is 2.72. The van der Waals surface area contributed by atoms with Crippen LogP contribution in [0.25, 0.3) is 0 Å². The van der Waals surface area contributed by atoms with E-state index in [0.29, 0.717) is 15.7 Å². The standard InChI is InChI=1S/C19H17BrN6O3/c1-2-12-7-9-13(10-8-12)23-17-16(26(28)29)18(22-11-21-17)24-25-19(27)14-5-3-4-6-15(14)20/h3-11H,2H2,1H3,(H,25,27)(H2,21,22,23,24). The van der Waals surface area contributed by atoms with Gasteiger partial charge < -0.3 is 5.32 Å². The molecule has 0 aliphatic heterocycles. The zero-order chi connectivity index (χ0) is 20.8. The summed E-state index contributed by atoms with van der Waals surface area (Å²) in [6.45, 7) is 2.04. The van der Waals surface area contributed by atoms with E-state index in [1.165, 1.54) is 6.33 Å². The number of hydrogen-bond acceptors (Lipinski definition) is 7. The smallest absolute Gasteiger partial charge is 0.334 e. The number of nitrogens with zero attached hydrogens (tertiary/aromatic N) is 3. The molecule has 0 saturated carbocycles. The lowest BCUT2D eigenvalue weighted by Crippen LogP contribution is -2.30. The molecule has 0 aliphatic carbocycles. The van der Waals surface area contributed by atoms with Crippen LogP contribution >= 0.6 is 15.9 Å². The summed E-state index contributed by atoms with van der Waals surface area (Å²) in [4.78, 5) is 31.2. The molecular formula is C19H17BrN6O3. The summed E-state index contributed by atoms with van der Waals surface area (Å²) in [6, 6.07) is 14.3. The van der Waals surface area contributed by atoms with Gasteiger partial charge >= 0.3 is 5.69 Å². The number of aryl methyl sites for hydroxylation is 1. The van der Waals surface area contributed by atoms with Crippen LogP contribution in [-0.2, 0) is 6.42 Å². The minimum atomic E-state index is -0.615. The van der Waals surface area contributed by atoms with Crippen molar-refractivity contribution in [3.63, 3.8) is 0 Å². The molecule has 148 valence electrons. The molecule has 9 nitrogen and oxygen atoms in total. The summed E-state index contributed by atoms with van der Waals surface area (Å²) >= 11 is 3.29. The summed E-state index contributed by atoms with van der Waals surface area (Å²) in [5.74, 6) is -0.611. The minimum absolute atomic E-state index is 0.00638. The molecular weight excluding hydrogens is 440 g/mol. The van der Waals surface area contributed by atoms with Crippen LogP contribution in [-0.4, -0.2) is 20.8 Å². The lowest BCUT2D eigenvalue weighted by Gasteiger charge is -2.11. The molecule has 0 aliphatic rings. The van der Waals surface area contributed by atoms with Crippen molar-refractivity contribution in [2.75, 3.05) is 10.7 Å². The van der Waals surface area contributed by atoms with Gasteiger partial charge in [-0.1, -0.05) is 31.2 Å². The Kier molecular flexibility index (Phi) is 6.35. The Hall–Kier alpha value is -3.53. The molecule has 1 aromatic heterocycles. The van der Waals surface area contributed by atoms with Gasteiger partial charge in [0.15, 0.2) is 0 Å². The highest BCUT2D eigenvalue weighted by molar-refractivity contribution is 9.10. The van der Waals surface area contributed by atoms with Crippen LogP contribution in [0.15, 0.2) is 59.3 Å². The van der Waals surface area contributed by atoms with E-state index in [4.69, 9.17) is 0 Å². The Labute approximate surface area is 174 Å². The van der Waals surface area contributed by atoms with Gasteiger partial charge in [-0.15, -0.1) is 0 Å². The summed E-state index contributed by atoms with van der Waals surface area (Å²) in [6.07, 6.45) is 2.06. The zero-order valence-corrected chi connectivity index (χ0v) is 16.9. The van der Waals surface area contributed by atoms with E-state index >= 15 is 0 Å². The van der Waals surface area contributed by atoms with E-state index in [0.717, 1.165) is 12.0 Å². The Morgan fingerprint density at radius 3 is 2.45 bits per heavy atom. The highest BCUT2D eigenvalue weighted by atomic mass is 79.9. The van der Waals surface area contributed by atoms with E-state index in [2.05, 4.69) is 42.1 Å². The zero-order valence-electron chi connectivity index (χ0n) is 15.3. The fourth-order valence-electron chi connectivity index (χ4n) is 2.52. The lowest BCUT2D eigenvalue weighted by atomic mass is 10.1. The number of nitro groups is 1. The van der Waals surface area contributed by atoms with Gasteiger partial charge in [0.25, 0.3) is 5.91 Å². The van der Waals surface area contributed by atoms with E-state index < -0.39 is 10.8 Å². The van der Waals surface area contributed by atoms with E-state index in [-0.39, 0.29) is 17.3 Å². The van der Waals surface area contributed by atoms with Gasteiger partial charge in [-0.25, -0.2) is 9.97 Å². The monoisotopic (exact) mass is 456 g/mol. The average molecular weight is 457 g/mol. The van der Waals surface area contributed by atoms with Crippen molar-refractivity contribution in [2.24, 2.45) is 0 Å². The Morgan fingerprint density at radius 1 is 1.10 bits per heavy atom. The van der Waals surface area contributed by atoms with Crippen LogP contribution in [0.5, 0.6) is 0 Å². The molecule has 0 saturated heterocycles. The largest absolute Gasteiger partial charge is 0.355 e. The van der Waals surface area contributed by atoms with E-state index in [1.807, 2.05) is 31.2 Å². The van der Waals surface area contributed by atoms with Gasteiger partial charge in [0.2, 0.25) is 11.6 Å². The predicted octanol–water partition coefficient (Wildman–Crippen LogP) is 4.21. The van der Waals surface area contributed by atoms with Gasteiger partial charge in [-0.05, 0) is 52.2 Å². The van der Waals surface area contributed by atoms with Crippen molar-refractivity contribution in [3.05, 3.63) is 80.6 Å². The molecule has 3 aromatic rings. The third-order valence-corrected chi connectivity index (χ3v) is 4.73. The van der Waals surface area contributed by atoms with Crippen molar-refractivity contribution in [1.29, 1.82) is 0 Å². The molecule has 0 radical (unpaired) electrons. The molecule has 1 heterocycles. The first-order chi connectivity index (χ1) is 14.0. The molecule has 3 N–H and O–H groups in total. The Balaban J connectivity index is 1.82. The van der Waals surface area contributed by atoms with E-state index in [9.17, 15) is 14.9 Å². The number of nitrogens with one attached hydrogen (secondary N) is 3. The van der Waals surface area contributed by atoms with E-state index in [1.54, 1.807) is 24.3 Å². The molecule has 0 unspecified atom stereocenters. The summed E-state index contributed by atoms with van der Waals surface area (Å²) in [5, 5.41) is 14.5. The second-order valence-electron chi connectivity index (χ2n) is 5.91. The number of carbonyl (C=O) groups excluding carboxylic acids is 1. The highest BCUT2D eigenvalue weighted by Gasteiger charge is 2.24. The molecule has 29 heavy (non-hydrogen) atoms. The third kappa shape index (κ3) is 4.85. The van der Waals surface area contributed by atoms with Crippen molar-refractivity contribution in [2.45, 2.75) is 13.3 Å². The number of halogens is 1. The van der Waals surface area contributed by atoms with Crippen molar-refractivity contribution in [3.8, 4) is 0 Å². The molecule has 0 fully saturated rings. The maximum absolute atomic E-state index is 12.3. The Bertz CT molecular complexity index is 1040. The van der Waals surface area contributed by atoms with Crippen LogP contribution in [0.3, 0.4) is 0 Å².